The molecule has 0 radical (unpaired) electrons. The highest BCUT2D eigenvalue weighted by Gasteiger charge is 2.43. The van der Waals surface area contributed by atoms with E-state index < -0.39 is 0 Å². The van der Waals surface area contributed by atoms with Crippen molar-refractivity contribution in [2.24, 2.45) is 0 Å². The number of benzene rings is 2. The summed E-state index contributed by atoms with van der Waals surface area (Å²) in [6.45, 7) is 2.51. The fourth-order valence-corrected chi connectivity index (χ4v) is 5.68. The summed E-state index contributed by atoms with van der Waals surface area (Å²) in [6.07, 6.45) is 6.52. The lowest BCUT2D eigenvalue weighted by atomic mass is 9.78. The molecule has 0 N–H and O–H groups in total. The fraction of sp³-hybridized carbons (Fsp3) is 0.385. The number of aryl methyl sites for hydroxylation is 1. The number of ketones is 1. The van der Waals surface area contributed by atoms with Crippen molar-refractivity contribution in [1.82, 2.24) is 0 Å². The molecule has 1 aromatic heterocycles. The molecule has 3 aliphatic rings. The molecule has 5 heteroatoms. The normalized spacial score (nSPS) is 19.4. The van der Waals surface area contributed by atoms with Crippen LogP contribution in [0.5, 0.6) is 5.75 Å². The number of hydrogen-bond donors (Lipinski definition) is 0. The van der Waals surface area contributed by atoms with Crippen molar-refractivity contribution in [2.45, 2.75) is 57.5 Å². The number of hydrogen-bond acceptors (Lipinski definition) is 4. The van der Waals surface area contributed by atoms with E-state index in [4.69, 9.17) is 9.15 Å². The van der Waals surface area contributed by atoms with Gasteiger partial charge in [-0.2, -0.15) is 0 Å². The summed E-state index contributed by atoms with van der Waals surface area (Å²) < 4.78 is 12.5. The van der Waals surface area contributed by atoms with E-state index in [-0.39, 0.29) is 17.3 Å². The van der Waals surface area contributed by atoms with Gasteiger partial charge in [-0.25, -0.2) is 0 Å². The van der Waals surface area contributed by atoms with E-state index in [1.165, 1.54) is 12.0 Å². The van der Waals surface area contributed by atoms with Crippen LogP contribution in [-0.2, 0) is 6.42 Å². The van der Waals surface area contributed by atoms with Crippen LogP contribution in [-0.4, -0.2) is 23.8 Å². The zero-order chi connectivity index (χ0) is 21.2. The van der Waals surface area contributed by atoms with E-state index >= 15 is 0 Å². The Labute approximate surface area is 181 Å². The monoisotopic (exact) mass is 415 g/mol. The summed E-state index contributed by atoms with van der Waals surface area (Å²) in [4.78, 5) is 28.5. The maximum Gasteiger partial charge on any atom is 0.294 e. The van der Waals surface area contributed by atoms with E-state index in [9.17, 15) is 9.59 Å². The SMILES string of the molecule is Cc1c(C(=O)N2CCc3ccccc32)oc2ccc3c(c12)C(=O)CC1(CCCCC1)O3. The predicted molar refractivity (Wildman–Crippen MR) is 118 cm³/mol. The maximum atomic E-state index is 13.4. The molecule has 0 bridgehead atoms. The Morgan fingerprint density at radius 3 is 2.71 bits per heavy atom. The molecule has 31 heavy (non-hydrogen) atoms. The lowest BCUT2D eigenvalue weighted by Crippen LogP contribution is -2.43. The largest absolute Gasteiger partial charge is 0.486 e. The highest BCUT2D eigenvalue weighted by Crippen LogP contribution is 2.45. The standard InChI is InChI=1S/C26H25NO4/c1-16-22-20(30-24(16)25(29)27-14-11-17-7-3-4-8-18(17)27)9-10-21-23(22)19(28)15-26(31-21)12-5-2-6-13-26/h3-4,7-10H,2,5-6,11-15H2,1H3. The quantitative estimate of drug-likeness (QED) is 0.518. The highest BCUT2D eigenvalue weighted by atomic mass is 16.5. The summed E-state index contributed by atoms with van der Waals surface area (Å²) in [5, 5.41) is 0.726. The van der Waals surface area contributed by atoms with Gasteiger partial charge in [0.15, 0.2) is 11.5 Å². The molecule has 3 aromatic rings. The molecule has 1 saturated carbocycles. The Hall–Kier alpha value is -3.08. The zero-order valence-corrected chi connectivity index (χ0v) is 17.7. The molecule has 6 rings (SSSR count). The molecular formula is C26H25NO4. The first-order chi connectivity index (χ1) is 15.1. The van der Waals surface area contributed by atoms with Gasteiger partial charge >= 0.3 is 0 Å². The van der Waals surface area contributed by atoms with E-state index in [1.54, 1.807) is 4.90 Å². The number of para-hydroxylation sites is 1. The molecule has 0 atom stereocenters. The van der Waals surface area contributed by atoms with Crippen LogP contribution in [0.1, 0.15) is 70.6 Å². The molecule has 2 aromatic carbocycles. The van der Waals surface area contributed by atoms with Crippen molar-refractivity contribution in [3.05, 3.63) is 58.8 Å². The molecule has 1 fully saturated rings. The summed E-state index contributed by atoms with van der Waals surface area (Å²) in [6, 6.07) is 11.7. The molecule has 3 heterocycles. The van der Waals surface area contributed by atoms with Gasteiger partial charge in [-0.15, -0.1) is 0 Å². The average molecular weight is 415 g/mol. The number of carbonyl (C=O) groups excluding carboxylic acids is 2. The van der Waals surface area contributed by atoms with Gasteiger partial charge < -0.3 is 14.1 Å². The number of fused-ring (bicyclic) bond motifs is 4. The second kappa shape index (κ2) is 6.71. The predicted octanol–water partition coefficient (Wildman–Crippen LogP) is 5.61. The number of amides is 1. The van der Waals surface area contributed by atoms with Crippen LogP contribution in [0.4, 0.5) is 5.69 Å². The Bertz CT molecular complexity index is 1230. The smallest absolute Gasteiger partial charge is 0.294 e. The van der Waals surface area contributed by atoms with Crippen LogP contribution in [0.15, 0.2) is 40.8 Å². The van der Waals surface area contributed by atoms with E-state index in [1.807, 2.05) is 37.3 Å². The van der Waals surface area contributed by atoms with Gasteiger partial charge in [0.05, 0.1) is 12.0 Å². The van der Waals surface area contributed by atoms with Gasteiger partial charge in [-0.05, 0) is 62.8 Å². The third-order valence-corrected chi connectivity index (χ3v) is 7.24. The van der Waals surface area contributed by atoms with Crippen LogP contribution in [0.2, 0.25) is 0 Å². The van der Waals surface area contributed by atoms with Gasteiger partial charge in [0.2, 0.25) is 0 Å². The van der Waals surface area contributed by atoms with Crippen molar-refractivity contribution in [3.63, 3.8) is 0 Å². The first kappa shape index (κ1) is 18.7. The van der Waals surface area contributed by atoms with Gasteiger partial charge in [0.1, 0.15) is 16.9 Å². The number of rotatable bonds is 1. The molecule has 0 unspecified atom stereocenters. The molecule has 158 valence electrons. The molecule has 1 amide bonds. The number of furan rings is 1. The molecule has 5 nitrogen and oxygen atoms in total. The Morgan fingerprint density at radius 2 is 1.87 bits per heavy atom. The number of carbonyl (C=O) groups is 2. The Morgan fingerprint density at radius 1 is 1.06 bits per heavy atom. The molecule has 0 saturated heterocycles. The average Bonchev–Trinajstić information content (AvgIpc) is 3.35. The van der Waals surface area contributed by atoms with E-state index in [0.29, 0.717) is 35.6 Å². The minimum Gasteiger partial charge on any atom is -0.486 e. The highest BCUT2D eigenvalue weighted by molar-refractivity contribution is 6.15. The summed E-state index contributed by atoms with van der Waals surface area (Å²) >= 11 is 0. The van der Waals surface area contributed by atoms with Gasteiger partial charge in [-0.3, -0.25) is 9.59 Å². The minimum absolute atomic E-state index is 0.100. The van der Waals surface area contributed by atoms with Crippen LogP contribution >= 0.6 is 0 Å². The molecule has 1 spiro atoms. The van der Waals surface area contributed by atoms with Gasteiger partial charge in [0.25, 0.3) is 5.91 Å². The van der Waals surface area contributed by atoms with Crippen molar-refractivity contribution >= 4 is 28.3 Å². The summed E-state index contributed by atoms with van der Waals surface area (Å²) in [5.74, 6) is 0.898. The lowest BCUT2D eigenvalue weighted by Gasteiger charge is -2.40. The van der Waals surface area contributed by atoms with Gasteiger partial charge in [-0.1, -0.05) is 24.6 Å². The first-order valence-corrected chi connectivity index (χ1v) is 11.2. The second-order valence-corrected chi connectivity index (χ2v) is 9.15. The molecule has 2 aliphatic heterocycles. The topological polar surface area (TPSA) is 59.8 Å². The lowest BCUT2D eigenvalue weighted by molar-refractivity contribution is 0.0139. The first-order valence-electron chi connectivity index (χ1n) is 11.2. The third kappa shape index (κ3) is 2.75. The summed E-state index contributed by atoms with van der Waals surface area (Å²) in [7, 11) is 0. The van der Waals surface area contributed by atoms with Crippen LogP contribution in [0.3, 0.4) is 0 Å². The number of anilines is 1. The van der Waals surface area contributed by atoms with Crippen LogP contribution in [0.25, 0.3) is 11.0 Å². The Kier molecular flexibility index (Phi) is 4.04. The number of Topliss-reactive ketones (excluding diaryl/α,β-unsaturated/α-hetero) is 1. The minimum atomic E-state index is -0.356. The van der Waals surface area contributed by atoms with Gasteiger partial charge in [0, 0.05) is 23.2 Å². The third-order valence-electron chi connectivity index (χ3n) is 7.24. The molecule has 1 aliphatic carbocycles. The number of nitrogens with zero attached hydrogens (tertiary/aromatic N) is 1. The van der Waals surface area contributed by atoms with Crippen molar-refractivity contribution < 1.29 is 18.7 Å². The Balaban J connectivity index is 1.42. The zero-order valence-electron chi connectivity index (χ0n) is 17.7. The van der Waals surface area contributed by atoms with Crippen LogP contribution < -0.4 is 9.64 Å². The summed E-state index contributed by atoms with van der Waals surface area (Å²) in [5.41, 5.74) is 3.62. The second-order valence-electron chi connectivity index (χ2n) is 9.15. The van der Waals surface area contributed by atoms with Crippen molar-refractivity contribution in [2.75, 3.05) is 11.4 Å². The van der Waals surface area contributed by atoms with Crippen molar-refractivity contribution in [3.8, 4) is 5.75 Å². The maximum absolute atomic E-state index is 13.4. The number of ether oxygens (including phenoxy) is 1. The fourth-order valence-electron chi connectivity index (χ4n) is 5.68. The molecular weight excluding hydrogens is 390 g/mol. The van der Waals surface area contributed by atoms with E-state index in [0.717, 1.165) is 48.7 Å². The van der Waals surface area contributed by atoms with E-state index in [2.05, 4.69) is 6.07 Å². The van der Waals surface area contributed by atoms with Crippen molar-refractivity contribution in [1.29, 1.82) is 0 Å². The van der Waals surface area contributed by atoms with Crippen LogP contribution in [0, 0.1) is 6.92 Å².